The van der Waals surface area contributed by atoms with Crippen molar-refractivity contribution >= 4 is 32.7 Å². The van der Waals surface area contributed by atoms with Crippen molar-refractivity contribution < 1.29 is 8.42 Å². The summed E-state index contributed by atoms with van der Waals surface area (Å²) in [5.74, 6) is -0.107. The predicted molar refractivity (Wildman–Crippen MR) is 77.0 cm³/mol. The summed E-state index contributed by atoms with van der Waals surface area (Å²) in [5.41, 5.74) is 0. The summed E-state index contributed by atoms with van der Waals surface area (Å²) >= 11 is 3.13. The van der Waals surface area contributed by atoms with E-state index in [2.05, 4.69) is 6.92 Å². The number of hydrogen-bond donors (Lipinski definition) is 0. The number of rotatable bonds is 6. The molecule has 0 fully saturated rings. The molecule has 0 bridgehead atoms. The Morgan fingerprint density at radius 3 is 1.89 bits per heavy atom. The van der Waals surface area contributed by atoms with Crippen LogP contribution >= 0.6 is 22.7 Å². The van der Waals surface area contributed by atoms with Crippen LogP contribution in [0.15, 0.2) is 35.0 Å². The minimum Gasteiger partial charge on any atom is -0.212 e. The first-order valence-electron chi connectivity index (χ1n) is 5.43. The minimum atomic E-state index is -3.28. The van der Waals surface area contributed by atoms with E-state index in [0.717, 1.165) is 9.75 Å². The molecular formula is C12H14NO2S3. The van der Waals surface area contributed by atoms with Crippen molar-refractivity contribution in [1.29, 1.82) is 0 Å². The molecule has 6 heteroatoms. The number of nitrogens with zero attached hydrogens (tertiary/aromatic N) is 1. The molecule has 97 valence electrons. The van der Waals surface area contributed by atoms with Gasteiger partial charge in [0.15, 0.2) is 0 Å². The number of thiophene rings is 2. The molecule has 0 aliphatic heterocycles. The Labute approximate surface area is 116 Å². The second kappa shape index (κ2) is 5.97. The van der Waals surface area contributed by atoms with Crippen LogP contribution in [-0.2, 0) is 23.1 Å². The minimum absolute atomic E-state index is 0.107. The zero-order valence-electron chi connectivity index (χ0n) is 9.78. The molecule has 0 atom stereocenters. The maximum Gasteiger partial charge on any atom is 0.214 e. The van der Waals surface area contributed by atoms with Gasteiger partial charge in [0.2, 0.25) is 10.0 Å². The zero-order chi connectivity index (χ0) is 13.0. The van der Waals surface area contributed by atoms with Crippen molar-refractivity contribution in [3.63, 3.8) is 0 Å². The lowest BCUT2D eigenvalue weighted by atomic mass is 10.4. The molecule has 0 saturated heterocycles. The molecule has 0 aromatic carbocycles. The maximum atomic E-state index is 12.0. The monoisotopic (exact) mass is 300 g/mol. The molecule has 2 rings (SSSR count). The average molecular weight is 300 g/mol. The summed E-state index contributed by atoms with van der Waals surface area (Å²) in [4.78, 5) is 2.09. The third-order valence-corrected chi connectivity index (χ3v) is 5.76. The Morgan fingerprint density at radius 2 is 1.56 bits per heavy atom. The van der Waals surface area contributed by atoms with Crippen LogP contribution in [0.25, 0.3) is 0 Å². The van der Waals surface area contributed by atoms with Crippen LogP contribution in [-0.4, -0.2) is 18.5 Å². The molecule has 1 radical (unpaired) electrons. The first-order chi connectivity index (χ1) is 8.62. The van der Waals surface area contributed by atoms with E-state index in [9.17, 15) is 8.42 Å². The molecule has 2 aromatic heterocycles. The molecule has 18 heavy (non-hydrogen) atoms. The van der Waals surface area contributed by atoms with Crippen molar-refractivity contribution in [2.45, 2.75) is 13.1 Å². The van der Waals surface area contributed by atoms with Crippen LogP contribution in [0.1, 0.15) is 9.75 Å². The summed E-state index contributed by atoms with van der Waals surface area (Å²) in [7, 11) is -3.28. The normalized spacial score (nSPS) is 12.1. The Bertz CT molecular complexity index is 522. The quantitative estimate of drug-likeness (QED) is 0.822. The highest BCUT2D eigenvalue weighted by molar-refractivity contribution is 7.89. The highest BCUT2D eigenvalue weighted by Crippen LogP contribution is 2.19. The lowest BCUT2D eigenvalue weighted by Gasteiger charge is -2.20. The van der Waals surface area contributed by atoms with Crippen LogP contribution in [0.3, 0.4) is 0 Å². The molecule has 0 N–H and O–H groups in total. The van der Waals surface area contributed by atoms with Crippen molar-refractivity contribution in [2.24, 2.45) is 0 Å². The van der Waals surface area contributed by atoms with Gasteiger partial charge >= 0.3 is 0 Å². The van der Waals surface area contributed by atoms with Gasteiger partial charge in [-0.1, -0.05) is 12.1 Å². The third-order valence-electron chi connectivity index (χ3n) is 2.48. The second-order valence-corrected chi connectivity index (χ2v) is 7.90. The Hall–Kier alpha value is -0.690. The van der Waals surface area contributed by atoms with Gasteiger partial charge in [-0.05, 0) is 29.8 Å². The molecule has 0 saturated carbocycles. The van der Waals surface area contributed by atoms with Gasteiger partial charge in [0.25, 0.3) is 0 Å². The van der Waals surface area contributed by atoms with Crippen LogP contribution in [0.2, 0.25) is 0 Å². The van der Waals surface area contributed by atoms with Gasteiger partial charge in [0.1, 0.15) is 0 Å². The molecule has 3 nitrogen and oxygen atoms in total. The molecule has 0 spiro atoms. The summed E-state index contributed by atoms with van der Waals surface area (Å²) in [6, 6.07) is 7.76. The fourth-order valence-electron chi connectivity index (χ4n) is 1.53. The lowest BCUT2D eigenvalue weighted by Crippen LogP contribution is -2.31. The predicted octanol–water partition coefficient (Wildman–Crippen LogP) is 2.98. The van der Waals surface area contributed by atoms with E-state index in [1.54, 1.807) is 22.7 Å². The smallest absolute Gasteiger partial charge is 0.212 e. The van der Waals surface area contributed by atoms with E-state index < -0.39 is 10.0 Å². The van der Waals surface area contributed by atoms with E-state index in [4.69, 9.17) is 0 Å². The summed E-state index contributed by atoms with van der Waals surface area (Å²) in [6.07, 6.45) is 0. The Kier molecular flexibility index (Phi) is 4.55. The van der Waals surface area contributed by atoms with Crippen molar-refractivity contribution in [2.75, 3.05) is 5.75 Å². The van der Waals surface area contributed by atoms with E-state index in [-0.39, 0.29) is 5.75 Å². The summed E-state index contributed by atoms with van der Waals surface area (Å²) < 4.78 is 25.5. The third kappa shape index (κ3) is 3.41. The average Bonchev–Trinajstić information content (AvgIpc) is 3.01. The fraction of sp³-hybridized carbons (Fsp3) is 0.250. The molecule has 0 unspecified atom stereocenters. The fourth-order valence-corrected chi connectivity index (χ4v) is 4.07. The van der Waals surface area contributed by atoms with E-state index in [1.165, 1.54) is 4.31 Å². The first-order valence-corrected chi connectivity index (χ1v) is 8.80. The van der Waals surface area contributed by atoms with E-state index in [1.807, 2.05) is 35.0 Å². The van der Waals surface area contributed by atoms with Gasteiger partial charge in [-0.3, -0.25) is 0 Å². The van der Waals surface area contributed by atoms with Gasteiger partial charge in [-0.15, -0.1) is 22.7 Å². The molecular weight excluding hydrogens is 286 g/mol. The zero-order valence-corrected chi connectivity index (χ0v) is 12.2. The van der Waals surface area contributed by atoms with Crippen molar-refractivity contribution in [1.82, 2.24) is 4.31 Å². The molecule has 2 heterocycles. The molecule has 0 amide bonds. The van der Waals surface area contributed by atoms with Crippen LogP contribution in [0.4, 0.5) is 0 Å². The van der Waals surface area contributed by atoms with Gasteiger partial charge in [0, 0.05) is 22.8 Å². The van der Waals surface area contributed by atoms with E-state index >= 15 is 0 Å². The van der Waals surface area contributed by atoms with Crippen molar-refractivity contribution in [3.05, 3.63) is 51.7 Å². The Balaban J connectivity index is 2.18. The molecule has 0 aliphatic rings. The maximum absolute atomic E-state index is 12.0. The van der Waals surface area contributed by atoms with Crippen LogP contribution in [0.5, 0.6) is 0 Å². The standard InChI is InChI=1S/C12H14NO2S3/c1-2-18(14,15)13(9-11-5-3-7-16-11)10-12-6-4-8-17-12/h3-8H,1-2,9-10H2. The molecule has 2 aromatic rings. The molecule has 0 aliphatic carbocycles. The number of sulfonamides is 1. The SMILES string of the molecule is [CH2]CS(=O)(=O)N(Cc1cccs1)Cc1cccs1. The summed E-state index contributed by atoms with van der Waals surface area (Å²) in [5, 5.41) is 3.91. The van der Waals surface area contributed by atoms with Crippen molar-refractivity contribution in [3.8, 4) is 0 Å². The van der Waals surface area contributed by atoms with Crippen LogP contribution in [0, 0.1) is 6.92 Å². The second-order valence-electron chi connectivity index (χ2n) is 3.74. The van der Waals surface area contributed by atoms with Crippen LogP contribution < -0.4 is 0 Å². The number of hydrogen-bond acceptors (Lipinski definition) is 4. The van der Waals surface area contributed by atoms with Gasteiger partial charge in [-0.25, -0.2) is 8.42 Å². The highest BCUT2D eigenvalue weighted by Gasteiger charge is 2.21. The first kappa shape index (κ1) is 13.7. The summed E-state index contributed by atoms with van der Waals surface area (Å²) in [6.45, 7) is 4.36. The Morgan fingerprint density at radius 1 is 1.06 bits per heavy atom. The highest BCUT2D eigenvalue weighted by atomic mass is 32.2. The van der Waals surface area contributed by atoms with E-state index in [0.29, 0.717) is 13.1 Å². The topological polar surface area (TPSA) is 37.4 Å². The largest absolute Gasteiger partial charge is 0.214 e. The van der Waals surface area contributed by atoms with Gasteiger partial charge in [-0.2, -0.15) is 4.31 Å². The van der Waals surface area contributed by atoms with Gasteiger partial charge < -0.3 is 0 Å². The lowest BCUT2D eigenvalue weighted by molar-refractivity contribution is 0.409. The van der Waals surface area contributed by atoms with Gasteiger partial charge in [0.05, 0.1) is 5.75 Å².